The molecule has 0 unspecified atom stereocenters. The summed E-state index contributed by atoms with van der Waals surface area (Å²) < 4.78 is 0. The number of piperazine rings is 1. The summed E-state index contributed by atoms with van der Waals surface area (Å²) in [7, 11) is 0. The molecule has 1 atom stereocenters. The predicted octanol–water partition coefficient (Wildman–Crippen LogP) is 1.51. The molecule has 1 aromatic carbocycles. The molecule has 2 heterocycles. The zero-order valence-electron chi connectivity index (χ0n) is 13.8. The Bertz CT molecular complexity index is 547. The normalized spacial score (nSPS) is 20.6. The van der Waals surface area contributed by atoms with Gasteiger partial charge in [0.2, 0.25) is 11.8 Å². The molecule has 0 saturated carbocycles. The highest BCUT2D eigenvalue weighted by Gasteiger charge is 2.34. The Labute approximate surface area is 137 Å². The molecule has 2 amide bonds. The van der Waals surface area contributed by atoms with Crippen LogP contribution in [0.25, 0.3) is 0 Å². The van der Waals surface area contributed by atoms with E-state index in [2.05, 4.69) is 4.90 Å². The van der Waals surface area contributed by atoms with Gasteiger partial charge in [-0.1, -0.05) is 30.3 Å². The minimum absolute atomic E-state index is 0.117. The summed E-state index contributed by atoms with van der Waals surface area (Å²) in [4.78, 5) is 30.7. The zero-order valence-corrected chi connectivity index (χ0v) is 13.8. The highest BCUT2D eigenvalue weighted by molar-refractivity contribution is 5.83. The van der Waals surface area contributed by atoms with Crippen LogP contribution in [0.2, 0.25) is 0 Å². The van der Waals surface area contributed by atoms with Crippen LogP contribution in [0.1, 0.15) is 31.4 Å². The fourth-order valence-corrected chi connectivity index (χ4v) is 3.55. The fraction of sp³-hybridized carbons (Fsp3) is 0.556. The first kappa shape index (κ1) is 16.0. The first-order valence-electron chi connectivity index (χ1n) is 8.50. The third-order valence-electron chi connectivity index (χ3n) is 4.89. The molecule has 5 nitrogen and oxygen atoms in total. The van der Waals surface area contributed by atoms with Gasteiger partial charge in [0.1, 0.15) is 6.04 Å². The fourth-order valence-electron chi connectivity index (χ4n) is 3.55. The quantitative estimate of drug-likeness (QED) is 0.849. The van der Waals surface area contributed by atoms with E-state index in [-0.39, 0.29) is 17.9 Å². The highest BCUT2D eigenvalue weighted by atomic mass is 16.2. The molecule has 1 aromatic rings. The number of likely N-dealkylation sites (tertiary alicyclic amines) is 1. The van der Waals surface area contributed by atoms with Crippen molar-refractivity contribution in [2.45, 2.75) is 25.8 Å². The molecular weight excluding hydrogens is 290 g/mol. The summed E-state index contributed by atoms with van der Waals surface area (Å²) >= 11 is 0. The van der Waals surface area contributed by atoms with E-state index in [0.29, 0.717) is 13.1 Å². The first-order chi connectivity index (χ1) is 11.2. The van der Waals surface area contributed by atoms with Crippen LogP contribution >= 0.6 is 0 Å². The largest absolute Gasteiger partial charge is 0.341 e. The molecule has 2 saturated heterocycles. The van der Waals surface area contributed by atoms with Gasteiger partial charge in [-0.05, 0) is 18.4 Å². The standard InChI is InChI=1S/C18H25N3O2/c1-15(22)19-11-13-20(14-12-19)17(16-7-3-2-4-8-16)18(23)21-9-5-6-10-21/h2-4,7-8,17H,5-6,9-14H2,1H3/t17-/m0/s1. The van der Waals surface area contributed by atoms with Gasteiger partial charge in [0.05, 0.1) is 0 Å². The van der Waals surface area contributed by atoms with E-state index in [1.165, 1.54) is 0 Å². The van der Waals surface area contributed by atoms with Crippen LogP contribution in [0.15, 0.2) is 30.3 Å². The third-order valence-corrected chi connectivity index (χ3v) is 4.89. The van der Waals surface area contributed by atoms with E-state index in [1.807, 2.05) is 40.1 Å². The van der Waals surface area contributed by atoms with Gasteiger partial charge in [-0.15, -0.1) is 0 Å². The molecule has 23 heavy (non-hydrogen) atoms. The summed E-state index contributed by atoms with van der Waals surface area (Å²) in [6.45, 7) is 6.25. The molecule has 3 rings (SSSR count). The van der Waals surface area contributed by atoms with Gasteiger partial charge in [-0.2, -0.15) is 0 Å². The van der Waals surface area contributed by atoms with Crippen LogP contribution in [0, 0.1) is 0 Å². The Kier molecular flexibility index (Phi) is 4.96. The van der Waals surface area contributed by atoms with Crippen molar-refractivity contribution < 1.29 is 9.59 Å². The summed E-state index contributed by atoms with van der Waals surface area (Å²) in [5.74, 6) is 0.330. The summed E-state index contributed by atoms with van der Waals surface area (Å²) in [6, 6.07) is 9.82. The molecule has 2 aliphatic heterocycles. The molecule has 0 bridgehead atoms. The lowest BCUT2D eigenvalue weighted by Gasteiger charge is -2.39. The topological polar surface area (TPSA) is 43.9 Å². The van der Waals surface area contributed by atoms with E-state index in [1.54, 1.807) is 6.92 Å². The highest BCUT2D eigenvalue weighted by Crippen LogP contribution is 2.26. The molecule has 0 N–H and O–H groups in total. The van der Waals surface area contributed by atoms with Gasteiger partial charge < -0.3 is 9.80 Å². The smallest absolute Gasteiger partial charge is 0.244 e. The van der Waals surface area contributed by atoms with Crippen molar-refractivity contribution in [3.8, 4) is 0 Å². The van der Waals surface area contributed by atoms with E-state index in [0.717, 1.165) is 44.6 Å². The number of nitrogens with zero attached hydrogens (tertiary/aromatic N) is 3. The number of benzene rings is 1. The van der Waals surface area contributed by atoms with Crippen molar-refractivity contribution in [1.82, 2.24) is 14.7 Å². The lowest BCUT2D eigenvalue weighted by molar-refractivity contribution is -0.138. The van der Waals surface area contributed by atoms with Crippen LogP contribution in [-0.4, -0.2) is 65.8 Å². The Morgan fingerprint density at radius 3 is 2.04 bits per heavy atom. The van der Waals surface area contributed by atoms with Crippen LogP contribution in [0.3, 0.4) is 0 Å². The molecular formula is C18H25N3O2. The zero-order chi connectivity index (χ0) is 16.2. The molecule has 0 spiro atoms. The van der Waals surface area contributed by atoms with Gasteiger partial charge in [0, 0.05) is 46.2 Å². The number of carbonyl (C=O) groups excluding carboxylic acids is 2. The first-order valence-corrected chi connectivity index (χ1v) is 8.50. The second-order valence-electron chi connectivity index (χ2n) is 6.39. The lowest BCUT2D eigenvalue weighted by atomic mass is 10.0. The minimum Gasteiger partial charge on any atom is -0.341 e. The summed E-state index contributed by atoms with van der Waals surface area (Å²) in [6.07, 6.45) is 2.21. The molecule has 0 aliphatic carbocycles. The minimum atomic E-state index is -0.219. The van der Waals surface area contributed by atoms with Crippen molar-refractivity contribution in [3.05, 3.63) is 35.9 Å². The molecule has 124 valence electrons. The number of amides is 2. The van der Waals surface area contributed by atoms with Crippen molar-refractivity contribution in [3.63, 3.8) is 0 Å². The van der Waals surface area contributed by atoms with E-state index >= 15 is 0 Å². The molecule has 5 heteroatoms. The van der Waals surface area contributed by atoms with Crippen molar-refractivity contribution in [2.24, 2.45) is 0 Å². The van der Waals surface area contributed by atoms with Gasteiger partial charge in [0.25, 0.3) is 0 Å². The van der Waals surface area contributed by atoms with Crippen LogP contribution < -0.4 is 0 Å². The second-order valence-corrected chi connectivity index (χ2v) is 6.39. The molecule has 0 radical (unpaired) electrons. The maximum absolute atomic E-state index is 13.1. The summed E-state index contributed by atoms with van der Waals surface area (Å²) in [5, 5.41) is 0. The van der Waals surface area contributed by atoms with Crippen LogP contribution in [0.4, 0.5) is 0 Å². The number of carbonyl (C=O) groups is 2. The third kappa shape index (κ3) is 3.55. The van der Waals surface area contributed by atoms with Crippen molar-refractivity contribution in [2.75, 3.05) is 39.3 Å². The lowest BCUT2D eigenvalue weighted by Crippen LogP contribution is -2.52. The average Bonchev–Trinajstić information content (AvgIpc) is 3.11. The van der Waals surface area contributed by atoms with Crippen LogP contribution in [0.5, 0.6) is 0 Å². The maximum atomic E-state index is 13.1. The Morgan fingerprint density at radius 1 is 0.870 bits per heavy atom. The van der Waals surface area contributed by atoms with Gasteiger partial charge >= 0.3 is 0 Å². The number of hydrogen-bond acceptors (Lipinski definition) is 3. The monoisotopic (exact) mass is 315 g/mol. The Hall–Kier alpha value is -1.88. The molecule has 0 aromatic heterocycles. The molecule has 2 fully saturated rings. The number of rotatable bonds is 3. The van der Waals surface area contributed by atoms with E-state index < -0.39 is 0 Å². The Balaban J connectivity index is 1.78. The maximum Gasteiger partial charge on any atom is 0.244 e. The number of hydrogen-bond donors (Lipinski definition) is 0. The van der Waals surface area contributed by atoms with Gasteiger partial charge in [-0.3, -0.25) is 14.5 Å². The summed E-state index contributed by atoms with van der Waals surface area (Å²) in [5.41, 5.74) is 1.06. The predicted molar refractivity (Wildman–Crippen MR) is 88.8 cm³/mol. The average molecular weight is 315 g/mol. The van der Waals surface area contributed by atoms with Gasteiger partial charge in [0.15, 0.2) is 0 Å². The second kappa shape index (κ2) is 7.13. The Morgan fingerprint density at radius 2 is 1.48 bits per heavy atom. The van der Waals surface area contributed by atoms with Crippen LogP contribution in [-0.2, 0) is 9.59 Å². The SMILES string of the molecule is CC(=O)N1CCN([C@H](C(=O)N2CCCC2)c2ccccc2)CC1. The van der Waals surface area contributed by atoms with Gasteiger partial charge in [-0.25, -0.2) is 0 Å². The van der Waals surface area contributed by atoms with E-state index in [9.17, 15) is 9.59 Å². The van der Waals surface area contributed by atoms with E-state index in [4.69, 9.17) is 0 Å². The van der Waals surface area contributed by atoms with Crippen molar-refractivity contribution >= 4 is 11.8 Å². The van der Waals surface area contributed by atoms with Crippen molar-refractivity contribution in [1.29, 1.82) is 0 Å². The molecule has 2 aliphatic rings.